The number of likely N-dealkylation sites (tertiary alicyclic amines) is 1. The summed E-state index contributed by atoms with van der Waals surface area (Å²) in [5, 5.41) is 23.2. The lowest BCUT2D eigenvalue weighted by atomic mass is 9.71. The molecule has 3 heterocycles. The van der Waals surface area contributed by atoms with E-state index in [4.69, 9.17) is 16.3 Å². The van der Waals surface area contributed by atoms with Crippen LogP contribution in [0.5, 0.6) is 5.75 Å². The lowest BCUT2D eigenvalue weighted by Gasteiger charge is -2.35. The van der Waals surface area contributed by atoms with Crippen molar-refractivity contribution in [2.24, 2.45) is 11.3 Å². The van der Waals surface area contributed by atoms with Gasteiger partial charge in [0, 0.05) is 49.6 Å². The maximum absolute atomic E-state index is 14.0. The van der Waals surface area contributed by atoms with Gasteiger partial charge in [0.05, 0.1) is 41.9 Å². The number of aliphatic hydroxyl groups is 1. The Balaban J connectivity index is 0.756. The van der Waals surface area contributed by atoms with E-state index in [0.717, 1.165) is 88.4 Å². The van der Waals surface area contributed by atoms with E-state index in [2.05, 4.69) is 49.4 Å². The molecule has 5 N–H and O–H groups in total. The Labute approximate surface area is 450 Å². The molecular formula is C59H72ClN7O7S. The monoisotopic (exact) mass is 1060 g/mol. The van der Waals surface area contributed by atoms with Crippen molar-refractivity contribution in [3.63, 3.8) is 0 Å². The van der Waals surface area contributed by atoms with Gasteiger partial charge in [0.25, 0.3) is 5.91 Å². The van der Waals surface area contributed by atoms with Crippen molar-refractivity contribution in [3.05, 3.63) is 141 Å². The van der Waals surface area contributed by atoms with Crippen LogP contribution >= 0.6 is 22.9 Å². The second-order valence-electron chi connectivity index (χ2n) is 21.0. The number of hydrogen-bond acceptors (Lipinski definition) is 10. The highest BCUT2D eigenvalue weighted by Gasteiger charge is 2.44. The highest BCUT2D eigenvalue weighted by atomic mass is 35.5. The number of amides is 5. The van der Waals surface area contributed by atoms with Crippen molar-refractivity contribution in [1.29, 1.82) is 0 Å². The molecule has 0 bridgehead atoms. The minimum atomic E-state index is -0.875. The topological polar surface area (TPSA) is 192 Å². The number of nitrogens with zero attached hydrogens (tertiary/aromatic N) is 3. The van der Waals surface area contributed by atoms with Crippen LogP contribution in [-0.4, -0.2) is 87.9 Å². The van der Waals surface area contributed by atoms with Crippen LogP contribution in [0, 0.1) is 18.3 Å². The van der Waals surface area contributed by atoms with E-state index < -0.39 is 23.6 Å². The van der Waals surface area contributed by atoms with Crippen molar-refractivity contribution >= 4 is 58.5 Å². The van der Waals surface area contributed by atoms with E-state index in [0.29, 0.717) is 30.6 Å². The number of nitrogens with one attached hydrogen (secondary N) is 4. The highest BCUT2D eigenvalue weighted by molar-refractivity contribution is 7.13. The summed E-state index contributed by atoms with van der Waals surface area (Å²) >= 11 is 7.64. The van der Waals surface area contributed by atoms with Crippen LogP contribution in [-0.2, 0) is 38.7 Å². The van der Waals surface area contributed by atoms with Gasteiger partial charge in [0.1, 0.15) is 23.5 Å². The predicted octanol–water partition coefficient (Wildman–Crippen LogP) is 9.51. The zero-order valence-corrected chi connectivity index (χ0v) is 45.4. The summed E-state index contributed by atoms with van der Waals surface area (Å²) < 4.78 is 5.54. The molecule has 2 aromatic heterocycles. The lowest BCUT2D eigenvalue weighted by Crippen LogP contribution is -2.57. The number of benzene rings is 3. The fourth-order valence-corrected chi connectivity index (χ4v) is 10.6. The Morgan fingerprint density at radius 1 is 0.840 bits per heavy atom. The van der Waals surface area contributed by atoms with Crippen LogP contribution in [0.25, 0.3) is 16.5 Å². The largest absolute Gasteiger partial charge is 0.495 e. The minimum absolute atomic E-state index is 0.0167. The molecule has 14 nitrogen and oxygen atoms in total. The number of allylic oxidation sites excluding steroid dienone is 1. The number of rotatable bonds is 24. The average Bonchev–Trinajstić information content (AvgIpc) is 4.00. The summed E-state index contributed by atoms with van der Waals surface area (Å²) in [5.41, 5.74) is 8.22. The molecule has 1 saturated heterocycles. The van der Waals surface area contributed by atoms with Gasteiger partial charge in [-0.25, -0.2) is 9.97 Å². The number of β-amino-alcohol motifs (C(OH)–C–C–N with tert-alkyl or cyclic N) is 1. The SMILES string of the molecule is COc1cnc(C(=O)NCc2cccc(CC(=O)NCCCCCCCCC(=O)NC(C(=O)N3CC(O)CC3C(=O)NCc3ccc(-c4scnc4C)cc3)C(C)(C)C)c2)cc1C=CC1CC(c2ccc(Cl)cc2)C1. The zero-order chi connectivity index (χ0) is 53.5. The van der Waals surface area contributed by atoms with Gasteiger partial charge in [-0.3, -0.25) is 24.0 Å². The molecule has 1 aliphatic heterocycles. The van der Waals surface area contributed by atoms with E-state index in [9.17, 15) is 29.1 Å². The Morgan fingerprint density at radius 2 is 1.55 bits per heavy atom. The molecule has 5 amide bonds. The molecular weight excluding hydrogens is 986 g/mol. The Hall–Kier alpha value is -6.42. The standard InChI is InChI=1S/C59H72ClN7O7S/c1-38-54(75-37-65-38)44-19-16-39(17-20-44)33-64-57(72)50-32-48(68)36-67(50)58(73)55(59(2,3)4)66-52(69)15-10-8-6-7-9-11-26-61-53(70)30-40-13-12-14-42(27-40)34-63-56(71)49-31-45(51(74-5)35-62-49)21-18-41-28-46(29-41)43-22-24-47(60)25-23-43/h12-14,16-25,27,31,35,37,41,46,48,50,55,68H,6-11,15,26,28-30,32-34,36H2,1-5H3,(H,61,70)(H,63,71)(H,64,72)(H,66,69). The van der Waals surface area contributed by atoms with Gasteiger partial charge in [-0.2, -0.15) is 0 Å². The number of aliphatic hydroxyl groups excluding tert-OH is 1. The smallest absolute Gasteiger partial charge is 0.270 e. The fraction of sp³-hybridized carbons (Fsp3) is 0.441. The molecule has 3 unspecified atom stereocenters. The number of aryl methyl sites for hydroxylation is 1. The first-order valence-corrected chi connectivity index (χ1v) is 27.5. The van der Waals surface area contributed by atoms with Gasteiger partial charge in [-0.15, -0.1) is 11.3 Å². The predicted molar refractivity (Wildman–Crippen MR) is 295 cm³/mol. The summed E-state index contributed by atoms with van der Waals surface area (Å²) in [6.45, 7) is 8.74. The third kappa shape index (κ3) is 16.3. The molecule has 7 rings (SSSR count). The maximum atomic E-state index is 14.0. The van der Waals surface area contributed by atoms with Gasteiger partial charge in [0.15, 0.2) is 0 Å². The van der Waals surface area contributed by atoms with Crippen molar-refractivity contribution < 1.29 is 33.8 Å². The van der Waals surface area contributed by atoms with Crippen LogP contribution in [0.15, 0.2) is 96.6 Å². The summed E-state index contributed by atoms with van der Waals surface area (Å²) in [6, 6.07) is 23.6. The summed E-state index contributed by atoms with van der Waals surface area (Å²) in [7, 11) is 1.59. The molecule has 2 fully saturated rings. The number of halogens is 1. The highest BCUT2D eigenvalue weighted by Crippen LogP contribution is 2.43. The van der Waals surface area contributed by atoms with Crippen molar-refractivity contribution in [2.75, 3.05) is 20.2 Å². The first-order valence-electron chi connectivity index (χ1n) is 26.2. The van der Waals surface area contributed by atoms with Gasteiger partial charge >= 0.3 is 0 Å². The summed E-state index contributed by atoms with van der Waals surface area (Å²) in [4.78, 5) is 77.9. The number of methoxy groups -OCH3 is 1. The lowest BCUT2D eigenvalue weighted by molar-refractivity contribution is -0.144. The van der Waals surface area contributed by atoms with Crippen molar-refractivity contribution in [2.45, 2.75) is 136 Å². The molecule has 0 spiro atoms. The molecule has 16 heteroatoms. The first kappa shape index (κ1) is 56.3. The molecule has 0 radical (unpaired) electrons. The zero-order valence-electron chi connectivity index (χ0n) is 43.8. The van der Waals surface area contributed by atoms with Crippen molar-refractivity contribution in [1.82, 2.24) is 36.1 Å². The Bertz CT molecular complexity index is 2770. The number of unbranched alkanes of at least 4 members (excludes halogenated alkanes) is 5. The van der Waals surface area contributed by atoms with Gasteiger partial charge in [-0.1, -0.05) is 131 Å². The molecule has 2 aliphatic rings. The second kappa shape index (κ2) is 26.9. The normalized spacial score (nSPS) is 17.8. The Kier molecular flexibility index (Phi) is 20.2. The van der Waals surface area contributed by atoms with Gasteiger partial charge in [-0.05, 0) is 95.9 Å². The van der Waals surface area contributed by atoms with Gasteiger partial charge < -0.3 is 36.0 Å². The number of carbonyl (C=O) groups is 5. The van der Waals surface area contributed by atoms with E-state index in [1.165, 1.54) is 10.5 Å². The quantitative estimate of drug-likeness (QED) is 0.0375. The molecule has 1 saturated carbocycles. The first-order chi connectivity index (χ1) is 36.0. The average molecular weight is 1060 g/mol. The summed E-state index contributed by atoms with van der Waals surface area (Å²) in [5.74, 6) is 0.215. The third-order valence-corrected chi connectivity index (χ3v) is 15.3. The third-order valence-electron chi connectivity index (χ3n) is 14.1. The van der Waals surface area contributed by atoms with Crippen LogP contribution in [0.3, 0.4) is 0 Å². The van der Waals surface area contributed by atoms with Crippen LogP contribution in [0.1, 0.15) is 135 Å². The van der Waals surface area contributed by atoms with Crippen molar-refractivity contribution in [3.8, 4) is 16.2 Å². The van der Waals surface area contributed by atoms with E-state index >= 15 is 0 Å². The number of aromatic nitrogens is 2. The number of ether oxygens (including phenoxy) is 1. The number of pyridine rings is 1. The van der Waals surface area contributed by atoms with Gasteiger partial charge in [0.2, 0.25) is 23.6 Å². The molecule has 5 aromatic rings. The molecule has 398 valence electrons. The number of thiazole rings is 1. The number of hydrogen-bond donors (Lipinski definition) is 5. The second-order valence-corrected chi connectivity index (χ2v) is 22.3. The van der Waals surface area contributed by atoms with E-state index in [1.54, 1.807) is 30.7 Å². The van der Waals surface area contributed by atoms with E-state index in [-0.39, 0.29) is 74.1 Å². The van der Waals surface area contributed by atoms with Crippen LogP contribution < -0.4 is 26.0 Å². The number of carbonyl (C=O) groups excluding carboxylic acids is 5. The molecule has 1 aliphatic carbocycles. The molecule has 75 heavy (non-hydrogen) atoms. The maximum Gasteiger partial charge on any atom is 0.270 e. The minimum Gasteiger partial charge on any atom is -0.495 e. The summed E-state index contributed by atoms with van der Waals surface area (Å²) in [6.07, 6.45) is 12.8. The fourth-order valence-electron chi connectivity index (χ4n) is 9.68. The molecule has 3 atom stereocenters. The van der Waals surface area contributed by atoms with E-state index in [1.807, 2.05) is 99.9 Å². The molecule has 3 aromatic carbocycles. The Morgan fingerprint density at radius 3 is 2.25 bits per heavy atom. The van der Waals surface area contributed by atoms with Crippen LogP contribution in [0.4, 0.5) is 0 Å². The van der Waals surface area contributed by atoms with Crippen LogP contribution in [0.2, 0.25) is 5.02 Å².